The van der Waals surface area contributed by atoms with Crippen LogP contribution in [0.5, 0.6) is 0 Å². The molecule has 0 bridgehead atoms. The quantitative estimate of drug-likeness (QED) is 0.0759. The van der Waals surface area contributed by atoms with Crippen LogP contribution in [0, 0.1) is 41.8 Å². The van der Waals surface area contributed by atoms with Gasteiger partial charge in [0.25, 0.3) is 0 Å². The fourth-order valence-corrected chi connectivity index (χ4v) is 5.63. The third-order valence-corrected chi connectivity index (χ3v) is 7.30. The van der Waals surface area contributed by atoms with Crippen LogP contribution in [0.15, 0.2) is 82.9 Å². The van der Waals surface area contributed by atoms with Crippen LogP contribution in [0.1, 0.15) is 0 Å². The molecule has 0 aliphatic rings. The average Bonchev–Trinajstić information content (AvgIpc) is 3.42. The number of hydrogen-bond acceptors (Lipinski definition) is 5. The molecular formula is C32H12F4N6. The van der Waals surface area contributed by atoms with Gasteiger partial charge in [-0.1, -0.05) is 24.3 Å². The van der Waals surface area contributed by atoms with Crippen LogP contribution in [-0.4, -0.2) is 9.97 Å². The number of rotatable bonds is 2. The summed E-state index contributed by atoms with van der Waals surface area (Å²) in [5, 5.41) is 19.9. The lowest BCUT2D eigenvalue weighted by molar-refractivity contribution is 0.512. The van der Waals surface area contributed by atoms with Crippen LogP contribution < -0.4 is 10.7 Å². The highest BCUT2D eigenvalue weighted by molar-refractivity contribution is 6.21. The number of hydrogen-bond donors (Lipinski definition) is 0. The second-order valence-corrected chi connectivity index (χ2v) is 9.58. The molecule has 6 nitrogen and oxygen atoms in total. The van der Waals surface area contributed by atoms with E-state index < -0.39 is 23.8 Å². The highest BCUT2D eigenvalue weighted by Gasteiger charge is 2.18. The normalized spacial score (nSPS) is 12.5. The Balaban J connectivity index is 1.54. The molecule has 0 spiro atoms. The van der Waals surface area contributed by atoms with Crippen LogP contribution in [0.4, 0.5) is 17.6 Å². The van der Waals surface area contributed by atoms with E-state index in [9.17, 15) is 22.8 Å². The third-order valence-electron chi connectivity index (χ3n) is 7.30. The van der Waals surface area contributed by atoms with Gasteiger partial charge < -0.3 is 0 Å². The summed E-state index contributed by atoms with van der Waals surface area (Å²) in [6, 6.07) is 18.6. The highest BCUT2D eigenvalue weighted by Crippen LogP contribution is 2.35. The van der Waals surface area contributed by atoms with Gasteiger partial charge in [-0.25, -0.2) is 0 Å². The standard InChI is InChI=1S/C32H12F4N6/c1-38-42-32-24-7-16(18-10-29(35)41-30(36)11-18)3-5-20(24)22-12-25-21(13-26(22)32)19-4-2-15(6-23(19)31(25)39-14-37)17-8-27(33)40-28(34)9-17/h2-13H/b39-31?,42-32-. The molecule has 5 aromatic carbocycles. The number of halogens is 4. The van der Waals surface area contributed by atoms with E-state index in [0.29, 0.717) is 43.4 Å². The first kappa shape index (κ1) is 25.0. The fourth-order valence-electron chi connectivity index (χ4n) is 5.63. The van der Waals surface area contributed by atoms with Crippen LogP contribution in [-0.2, 0) is 0 Å². The van der Waals surface area contributed by atoms with Crippen molar-refractivity contribution in [3.8, 4) is 28.4 Å². The van der Waals surface area contributed by atoms with E-state index in [4.69, 9.17) is 6.57 Å². The van der Waals surface area contributed by atoms with Crippen molar-refractivity contribution < 1.29 is 17.6 Å². The monoisotopic (exact) mass is 556 g/mol. The molecular weight excluding hydrogens is 544 g/mol. The minimum absolute atomic E-state index is 0.280. The molecule has 0 atom stereocenters. The van der Waals surface area contributed by atoms with Crippen molar-refractivity contribution in [2.45, 2.75) is 0 Å². The smallest absolute Gasteiger partial charge is 0.191 e. The molecule has 42 heavy (non-hydrogen) atoms. The van der Waals surface area contributed by atoms with E-state index in [0.717, 1.165) is 45.8 Å². The van der Waals surface area contributed by atoms with Crippen molar-refractivity contribution >= 4 is 43.1 Å². The summed E-state index contributed by atoms with van der Waals surface area (Å²) < 4.78 is 55.3. The van der Waals surface area contributed by atoms with Gasteiger partial charge >= 0.3 is 0 Å². The van der Waals surface area contributed by atoms with Crippen LogP contribution in [0.3, 0.4) is 0 Å². The van der Waals surface area contributed by atoms with Gasteiger partial charge in [0, 0.05) is 45.8 Å². The van der Waals surface area contributed by atoms with E-state index in [2.05, 4.69) is 25.0 Å². The number of aromatic nitrogens is 2. The molecule has 0 fully saturated rings. The van der Waals surface area contributed by atoms with Crippen molar-refractivity contribution in [3.63, 3.8) is 0 Å². The summed E-state index contributed by atoms with van der Waals surface area (Å²) in [5.74, 6) is -3.82. The van der Waals surface area contributed by atoms with Gasteiger partial charge in [0.05, 0.1) is 10.5 Å². The molecule has 2 aromatic heterocycles. The summed E-state index contributed by atoms with van der Waals surface area (Å²) in [6.45, 7) is 7.43. The molecule has 7 rings (SSSR count). The zero-order chi connectivity index (χ0) is 29.1. The Morgan fingerprint density at radius 2 is 0.976 bits per heavy atom. The predicted molar refractivity (Wildman–Crippen MR) is 148 cm³/mol. The van der Waals surface area contributed by atoms with E-state index in [-0.39, 0.29) is 11.1 Å². The fraction of sp³-hybridized carbons (Fsp3) is 0. The first-order chi connectivity index (χ1) is 20.3. The molecule has 0 aliphatic carbocycles. The van der Waals surface area contributed by atoms with Crippen molar-refractivity contribution in [2.24, 2.45) is 10.1 Å². The Morgan fingerprint density at radius 3 is 1.43 bits per heavy atom. The van der Waals surface area contributed by atoms with Crippen molar-refractivity contribution in [1.82, 2.24) is 9.97 Å². The van der Waals surface area contributed by atoms with E-state index >= 15 is 0 Å². The van der Waals surface area contributed by atoms with Gasteiger partial charge in [-0.2, -0.15) is 44.4 Å². The number of benzene rings is 3. The Hall–Kier alpha value is -6.00. The highest BCUT2D eigenvalue weighted by atomic mass is 19.1. The second-order valence-electron chi connectivity index (χ2n) is 9.58. The Morgan fingerprint density at radius 1 is 0.548 bits per heavy atom. The summed E-state index contributed by atoms with van der Waals surface area (Å²) in [4.78, 5) is 13.6. The maximum absolute atomic E-state index is 13.8. The van der Waals surface area contributed by atoms with Gasteiger partial charge in [0.2, 0.25) is 30.0 Å². The summed E-state index contributed by atoms with van der Waals surface area (Å²) in [7, 11) is 0. The molecule has 7 aromatic rings. The van der Waals surface area contributed by atoms with Crippen LogP contribution in [0.2, 0.25) is 0 Å². The van der Waals surface area contributed by atoms with Crippen molar-refractivity contribution in [1.29, 1.82) is 5.26 Å². The number of nitriles is 1. The molecule has 0 N–H and O–H groups in total. The summed E-state index contributed by atoms with van der Waals surface area (Å²) >= 11 is 0. The van der Waals surface area contributed by atoms with Crippen molar-refractivity contribution in [2.75, 3.05) is 0 Å². The Kier molecular flexibility index (Phi) is 5.53. The van der Waals surface area contributed by atoms with E-state index in [1.807, 2.05) is 18.3 Å². The van der Waals surface area contributed by atoms with Gasteiger partial charge in [0.15, 0.2) is 5.36 Å². The molecule has 2 heterocycles. The minimum Gasteiger partial charge on any atom is -0.191 e. The molecule has 0 radical (unpaired) electrons. The lowest BCUT2D eigenvalue weighted by Gasteiger charge is -2.03. The number of pyridine rings is 2. The van der Waals surface area contributed by atoms with E-state index in [1.165, 1.54) is 0 Å². The molecule has 0 aliphatic heterocycles. The van der Waals surface area contributed by atoms with Gasteiger partial charge in [-0.15, -0.1) is 4.95 Å². The lowest BCUT2D eigenvalue weighted by Crippen LogP contribution is -1.99. The number of nitrogens with zero attached hydrogens (tertiary/aromatic N) is 6. The Bertz CT molecular complexity index is 2280. The van der Waals surface area contributed by atoms with Crippen LogP contribution >= 0.6 is 0 Å². The minimum atomic E-state index is -0.955. The molecule has 0 unspecified atom stereocenters. The summed E-state index contributed by atoms with van der Waals surface area (Å²) in [5.41, 5.74) is 1.59. The lowest BCUT2D eigenvalue weighted by atomic mass is 10.0. The van der Waals surface area contributed by atoms with Crippen molar-refractivity contribution in [3.05, 3.63) is 119 Å². The van der Waals surface area contributed by atoms with Gasteiger partial charge in [0.1, 0.15) is 0 Å². The molecule has 0 saturated carbocycles. The first-order valence-corrected chi connectivity index (χ1v) is 12.4. The SMILES string of the molecule is [C-]#[N+]/N=c1/c2cc(-c3cc(F)nc(F)c3)ccc2c2cc3c(=NC#N)c4cc(-c5cc(F)nc(F)c5)ccc4c3cc12. The predicted octanol–water partition coefficient (Wildman–Crippen LogP) is 6.97. The van der Waals surface area contributed by atoms with Gasteiger partial charge in [-0.05, 0) is 68.1 Å². The number of fused-ring (bicyclic) bond motifs is 6. The molecule has 10 heteroatoms. The summed E-state index contributed by atoms with van der Waals surface area (Å²) in [6.07, 6.45) is 1.85. The zero-order valence-corrected chi connectivity index (χ0v) is 21.1. The topological polar surface area (TPSA) is 78.6 Å². The zero-order valence-electron chi connectivity index (χ0n) is 21.1. The maximum atomic E-state index is 13.8. The average molecular weight is 556 g/mol. The largest absolute Gasteiger partial charge is 0.216 e. The molecule has 0 amide bonds. The molecule has 0 saturated heterocycles. The first-order valence-electron chi connectivity index (χ1n) is 12.4. The van der Waals surface area contributed by atoms with Crippen LogP contribution in [0.25, 0.3) is 70.3 Å². The Labute approximate surface area is 233 Å². The van der Waals surface area contributed by atoms with E-state index in [1.54, 1.807) is 36.4 Å². The van der Waals surface area contributed by atoms with Gasteiger partial charge in [-0.3, -0.25) is 0 Å². The third kappa shape index (κ3) is 3.86. The maximum Gasteiger partial charge on any atom is 0.216 e. The second kappa shape index (κ2) is 9.29. The molecule has 198 valence electrons.